The van der Waals surface area contributed by atoms with Crippen molar-refractivity contribution in [2.45, 2.75) is 32.2 Å². The summed E-state index contributed by atoms with van der Waals surface area (Å²) in [6.45, 7) is 7.06. The molecular formula is C13H20N2. The maximum absolute atomic E-state index is 4.02. The van der Waals surface area contributed by atoms with Crippen molar-refractivity contribution in [3.8, 4) is 0 Å². The van der Waals surface area contributed by atoms with E-state index < -0.39 is 0 Å². The van der Waals surface area contributed by atoms with Gasteiger partial charge in [-0.25, -0.2) is 0 Å². The highest BCUT2D eigenvalue weighted by molar-refractivity contribution is 5.11. The topological polar surface area (TPSA) is 24.9 Å². The predicted molar refractivity (Wildman–Crippen MR) is 64.8 cm³/mol. The Kier molecular flexibility index (Phi) is 5.71. The molecule has 0 radical (unpaired) electrons. The van der Waals surface area contributed by atoms with Crippen molar-refractivity contribution >= 4 is 0 Å². The third-order valence-electron chi connectivity index (χ3n) is 2.37. The third kappa shape index (κ3) is 4.75. The smallest absolute Gasteiger partial charge is 0.0270 e. The zero-order valence-corrected chi connectivity index (χ0v) is 9.45. The standard InChI is InChI=1S/C13H20N2/c1-3-5-13(15-8-4-2)11-12-6-9-14-10-7-12/h3,6-7,9-10,13,15H,1,4-5,8,11H2,2H3. The fourth-order valence-corrected chi connectivity index (χ4v) is 1.59. The maximum atomic E-state index is 4.02. The van der Waals surface area contributed by atoms with E-state index in [4.69, 9.17) is 0 Å². The Morgan fingerprint density at radius 2 is 2.20 bits per heavy atom. The van der Waals surface area contributed by atoms with Gasteiger partial charge >= 0.3 is 0 Å². The SMILES string of the molecule is C=CCC(Cc1ccncc1)NCCC. The maximum Gasteiger partial charge on any atom is 0.0270 e. The van der Waals surface area contributed by atoms with E-state index in [1.807, 2.05) is 18.5 Å². The Balaban J connectivity index is 2.46. The normalized spacial score (nSPS) is 12.3. The molecule has 82 valence electrons. The molecule has 0 aliphatic carbocycles. The zero-order chi connectivity index (χ0) is 10.9. The van der Waals surface area contributed by atoms with E-state index >= 15 is 0 Å². The summed E-state index contributed by atoms with van der Waals surface area (Å²) < 4.78 is 0. The quantitative estimate of drug-likeness (QED) is 0.690. The van der Waals surface area contributed by atoms with Crippen LogP contribution in [0.3, 0.4) is 0 Å². The van der Waals surface area contributed by atoms with Gasteiger partial charge in [-0.3, -0.25) is 4.98 Å². The Morgan fingerprint density at radius 3 is 2.80 bits per heavy atom. The molecule has 15 heavy (non-hydrogen) atoms. The van der Waals surface area contributed by atoms with E-state index in [1.165, 1.54) is 12.0 Å². The van der Waals surface area contributed by atoms with Crippen LogP contribution in [-0.2, 0) is 6.42 Å². The van der Waals surface area contributed by atoms with Crippen LogP contribution in [0.2, 0.25) is 0 Å². The summed E-state index contributed by atoms with van der Waals surface area (Å²) in [6, 6.07) is 4.65. The average molecular weight is 204 g/mol. The third-order valence-corrected chi connectivity index (χ3v) is 2.37. The fourth-order valence-electron chi connectivity index (χ4n) is 1.59. The van der Waals surface area contributed by atoms with Crippen LogP contribution in [0.25, 0.3) is 0 Å². The van der Waals surface area contributed by atoms with Gasteiger partial charge in [0.05, 0.1) is 0 Å². The highest BCUT2D eigenvalue weighted by Gasteiger charge is 2.06. The molecule has 2 heteroatoms. The summed E-state index contributed by atoms with van der Waals surface area (Å²) in [4.78, 5) is 4.02. The summed E-state index contributed by atoms with van der Waals surface area (Å²) in [5, 5.41) is 3.53. The summed E-state index contributed by atoms with van der Waals surface area (Å²) in [7, 11) is 0. The molecule has 0 aliphatic rings. The largest absolute Gasteiger partial charge is 0.313 e. The number of nitrogens with zero attached hydrogens (tertiary/aromatic N) is 1. The summed E-state index contributed by atoms with van der Waals surface area (Å²) >= 11 is 0. The van der Waals surface area contributed by atoms with Crippen LogP contribution in [0.1, 0.15) is 25.3 Å². The molecule has 1 atom stereocenters. The first-order chi connectivity index (χ1) is 7.36. The van der Waals surface area contributed by atoms with Crippen molar-refractivity contribution in [1.29, 1.82) is 0 Å². The van der Waals surface area contributed by atoms with E-state index in [9.17, 15) is 0 Å². The molecule has 1 aromatic heterocycles. The van der Waals surface area contributed by atoms with Crippen LogP contribution in [-0.4, -0.2) is 17.6 Å². The van der Waals surface area contributed by atoms with Crippen LogP contribution in [0.15, 0.2) is 37.2 Å². The average Bonchev–Trinajstić information content (AvgIpc) is 2.28. The van der Waals surface area contributed by atoms with Crippen molar-refractivity contribution in [1.82, 2.24) is 10.3 Å². The van der Waals surface area contributed by atoms with Gasteiger partial charge in [0.2, 0.25) is 0 Å². The molecule has 0 fully saturated rings. The van der Waals surface area contributed by atoms with Gasteiger partial charge < -0.3 is 5.32 Å². The molecule has 1 aromatic rings. The van der Waals surface area contributed by atoms with Crippen molar-refractivity contribution in [2.75, 3.05) is 6.54 Å². The van der Waals surface area contributed by atoms with Gasteiger partial charge in [0.1, 0.15) is 0 Å². The highest BCUT2D eigenvalue weighted by Crippen LogP contribution is 2.05. The molecule has 1 rings (SSSR count). The van der Waals surface area contributed by atoms with Crippen LogP contribution < -0.4 is 5.32 Å². The van der Waals surface area contributed by atoms with E-state index in [0.29, 0.717) is 6.04 Å². The molecule has 0 aromatic carbocycles. The van der Waals surface area contributed by atoms with Gasteiger partial charge in [0.15, 0.2) is 0 Å². The predicted octanol–water partition coefficient (Wildman–Crippen LogP) is 2.57. The Labute approximate surface area is 92.4 Å². The lowest BCUT2D eigenvalue weighted by Gasteiger charge is -2.16. The van der Waals surface area contributed by atoms with Crippen LogP contribution in [0.4, 0.5) is 0 Å². The summed E-state index contributed by atoms with van der Waals surface area (Å²) in [5.41, 5.74) is 1.33. The monoisotopic (exact) mass is 204 g/mol. The molecular weight excluding hydrogens is 184 g/mol. The Hall–Kier alpha value is -1.15. The minimum atomic E-state index is 0.504. The van der Waals surface area contributed by atoms with E-state index in [0.717, 1.165) is 19.4 Å². The van der Waals surface area contributed by atoms with Gasteiger partial charge in [0.25, 0.3) is 0 Å². The van der Waals surface area contributed by atoms with E-state index in [2.05, 4.69) is 35.9 Å². The van der Waals surface area contributed by atoms with Crippen molar-refractivity contribution in [2.24, 2.45) is 0 Å². The van der Waals surface area contributed by atoms with Crippen LogP contribution in [0, 0.1) is 0 Å². The molecule has 1 heterocycles. The van der Waals surface area contributed by atoms with Crippen molar-refractivity contribution < 1.29 is 0 Å². The minimum Gasteiger partial charge on any atom is -0.313 e. The molecule has 0 bridgehead atoms. The number of hydrogen-bond donors (Lipinski definition) is 1. The molecule has 2 nitrogen and oxygen atoms in total. The van der Waals surface area contributed by atoms with Gasteiger partial charge in [0, 0.05) is 18.4 Å². The number of rotatable bonds is 7. The van der Waals surface area contributed by atoms with Crippen LogP contribution in [0.5, 0.6) is 0 Å². The van der Waals surface area contributed by atoms with Gasteiger partial charge in [-0.2, -0.15) is 0 Å². The fraction of sp³-hybridized carbons (Fsp3) is 0.462. The molecule has 0 aliphatic heterocycles. The molecule has 1 unspecified atom stereocenters. The number of aromatic nitrogens is 1. The lowest BCUT2D eigenvalue weighted by atomic mass is 10.0. The first-order valence-corrected chi connectivity index (χ1v) is 5.60. The number of nitrogens with one attached hydrogen (secondary N) is 1. The van der Waals surface area contributed by atoms with E-state index in [-0.39, 0.29) is 0 Å². The van der Waals surface area contributed by atoms with Crippen LogP contribution >= 0.6 is 0 Å². The molecule has 0 saturated carbocycles. The lowest BCUT2D eigenvalue weighted by Crippen LogP contribution is -2.31. The van der Waals surface area contributed by atoms with Gasteiger partial charge in [-0.15, -0.1) is 6.58 Å². The number of pyridine rings is 1. The molecule has 0 saturated heterocycles. The second-order valence-electron chi connectivity index (χ2n) is 3.74. The van der Waals surface area contributed by atoms with E-state index in [1.54, 1.807) is 0 Å². The van der Waals surface area contributed by atoms with Crippen molar-refractivity contribution in [3.05, 3.63) is 42.7 Å². The van der Waals surface area contributed by atoms with Crippen molar-refractivity contribution in [3.63, 3.8) is 0 Å². The van der Waals surface area contributed by atoms with Gasteiger partial charge in [-0.1, -0.05) is 13.0 Å². The molecule has 1 N–H and O–H groups in total. The van der Waals surface area contributed by atoms with Gasteiger partial charge in [-0.05, 0) is 43.5 Å². The number of hydrogen-bond acceptors (Lipinski definition) is 2. The Morgan fingerprint density at radius 1 is 1.47 bits per heavy atom. The lowest BCUT2D eigenvalue weighted by molar-refractivity contribution is 0.512. The summed E-state index contributed by atoms with van der Waals surface area (Å²) in [5.74, 6) is 0. The highest BCUT2D eigenvalue weighted by atomic mass is 14.9. The molecule has 0 amide bonds. The summed E-state index contributed by atoms with van der Waals surface area (Å²) in [6.07, 6.45) is 8.91. The minimum absolute atomic E-state index is 0.504. The zero-order valence-electron chi connectivity index (χ0n) is 9.45. The second kappa shape index (κ2) is 7.18. The first-order valence-electron chi connectivity index (χ1n) is 5.60. The first kappa shape index (κ1) is 11.9. The molecule has 0 spiro atoms. The Bertz CT molecular complexity index is 269. The second-order valence-corrected chi connectivity index (χ2v) is 3.74.